The summed E-state index contributed by atoms with van der Waals surface area (Å²) in [7, 11) is 0. The van der Waals surface area contributed by atoms with Crippen LogP contribution in [0.25, 0.3) is 0 Å². The molecule has 2 saturated carbocycles. The smallest absolute Gasteiger partial charge is 0.0704 e. The highest BCUT2D eigenvalue weighted by molar-refractivity contribution is 9.11. The Labute approximate surface area is 116 Å². The van der Waals surface area contributed by atoms with E-state index in [1.54, 1.807) is 0 Å². The molecule has 2 aliphatic rings. The summed E-state index contributed by atoms with van der Waals surface area (Å²) in [6.45, 7) is 5.55. The molecule has 3 heteroatoms. The quantitative estimate of drug-likeness (QED) is 0.862. The van der Waals surface area contributed by atoms with Gasteiger partial charge in [0.1, 0.15) is 0 Å². The van der Waals surface area contributed by atoms with Gasteiger partial charge in [-0.25, -0.2) is 0 Å². The standard InChI is InChI=1S/C14H20BrNS/c1-3-16-14(11-5-9-4-10(9)6-11)12-7-13(15)17-8(12)2/h7,9-11,14,16H,3-6H2,1-2H3. The zero-order chi connectivity index (χ0) is 12.0. The molecule has 0 amide bonds. The van der Waals surface area contributed by atoms with Gasteiger partial charge >= 0.3 is 0 Å². The molecule has 1 heterocycles. The maximum atomic E-state index is 3.72. The van der Waals surface area contributed by atoms with Gasteiger partial charge in [-0.15, -0.1) is 11.3 Å². The van der Waals surface area contributed by atoms with Crippen LogP contribution in [0.4, 0.5) is 0 Å². The lowest BCUT2D eigenvalue weighted by molar-refractivity contribution is 0.346. The lowest BCUT2D eigenvalue weighted by Gasteiger charge is -2.26. The molecule has 2 aliphatic carbocycles. The Kier molecular flexibility index (Phi) is 3.35. The van der Waals surface area contributed by atoms with Crippen LogP contribution < -0.4 is 5.32 Å². The van der Waals surface area contributed by atoms with E-state index in [1.165, 1.54) is 33.5 Å². The van der Waals surface area contributed by atoms with Crippen molar-refractivity contribution < 1.29 is 0 Å². The van der Waals surface area contributed by atoms with Crippen molar-refractivity contribution in [3.8, 4) is 0 Å². The molecule has 2 fully saturated rings. The monoisotopic (exact) mass is 313 g/mol. The Bertz CT molecular complexity index is 404. The SMILES string of the molecule is CCNC(c1cc(Br)sc1C)C1CC2CC2C1. The number of hydrogen-bond donors (Lipinski definition) is 1. The van der Waals surface area contributed by atoms with Crippen molar-refractivity contribution in [3.05, 3.63) is 20.3 Å². The fourth-order valence-electron chi connectivity index (χ4n) is 3.55. The Balaban J connectivity index is 1.81. The Morgan fingerprint density at radius 3 is 2.65 bits per heavy atom. The third kappa shape index (κ3) is 2.34. The topological polar surface area (TPSA) is 12.0 Å². The van der Waals surface area contributed by atoms with E-state index < -0.39 is 0 Å². The van der Waals surface area contributed by atoms with E-state index in [9.17, 15) is 0 Å². The zero-order valence-electron chi connectivity index (χ0n) is 10.5. The number of halogens is 1. The van der Waals surface area contributed by atoms with Crippen LogP contribution in [0.3, 0.4) is 0 Å². The van der Waals surface area contributed by atoms with Crippen LogP contribution >= 0.6 is 27.3 Å². The number of fused-ring (bicyclic) bond motifs is 1. The Morgan fingerprint density at radius 2 is 2.12 bits per heavy atom. The van der Waals surface area contributed by atoms with E-state index in [0.29, 0.717) is 6.04 Å². The first-order chi connectivity index (χ1) is 8.19. The summed E-state index contributed by atoms with van der Waals surface area (Å²) < 4.78 is 1.27. The van der Waals surface area contributed by atoms with Gasteiger partial charge in [0.25, 0.3) is 0 Å². The van der Waals surface area contributed by atoms with Crippen LogP contribution in [0.5, 0.6) is 0 Å². The van der Waals surface area contributed by atoms with Gasteiger partial charge in [0.15, 0.2) is 0 Å². The Hall–Kier alpha value is 0.140. The first-order valence-electron chi connectivity index (χ1n) is 6.68. The molecule has 1 aromatic heterocycles. The highest BCUT2D eigenvalue weighted by Gasteiger charge is 2.48. The van der Waals surface area contributed by atoms with Gasteiger partial charge in [0.2, 0.25) is 0 Å². The van der Waals surface area contributed by atoms with Gasteiger partial charge in [-0.05, 0) is 78.0 Å². The van der Waals surface area contributed by atoms with Gasteiger partial charge in [-0.2, -0.15) is 0 Å². The summed E-state index contributed by atoms with van der Waals surface area (Å²) >= 11 is 5.49. The average molecular weight is 314 g/mol. The molecule has 0 spiro atoms. The number of thiophene rings is 1. The fraction of sp³-hybridized carbons (Fsp3) is 0.714. The predicted molar refractivity (Wildman–Crippen MR) is 77.5 cm³/mol. The number of aryl methyl sites for hydroxylation is 1. The van der Waals surface area contributed by atoms with Crippen molar-refractivity contribution in [2.45, 2.75) is 39.2 Å². The van der Waals surface area contributed by atoms with E-state index in [4.69, 9.17) is 0 Å². The van der Waals surface area contributed by atoms with Gasteiger partial charge in [0, 0.05) is 10.9 Å². The molecule has 0 aliphatic heterocycles. The Morgan fingerprint density at radius 1 is 1.41 bits per heavy atom. The van der Waals surface area contributed by atoms with E-state index in [2.05, 4.69) is 41.2 Å². The summed E-state index contributed by atoms with van der Waals surface area (Å²) in [6, 6.07) is 2.92. The molecule has 3 unspecified atom stereocenters. The first-order valence-corrected chi connectivity index (χ1v) is 8.29. The predicted octanol–water partition coefficient (Wildman–Crippen LogP) is 4.52. The molecule has 1 aromatic rings. The number of nitrogens with one attached hydrogen (secondary N) is 1. The lowest BCUT2D eigenvalue weighted by Crippen LogP contribution is -2.27. The van der Waals surface area contributed by atoms with Crippen molar-refractivity contribution in [3.63, 3.8) is 0 Å². The third-order valence-corrected chi connectivity index (χ3v) is 6.01. The molecule has 0 aromatic carbocycles. The van der Waals surface area contributed by atoms with Gasteiger partial charge < -0.3 is 5.32 Å². The third-order valence-electron chi connectivity index (χ3n) is 4.44. The fourth-order valence-corrected chi connectivity index (χ4v) is 5.31. The largest absolute Gasteiger partial charge is 0.310 e. The van der Waals surface area contributed by atoms with Crippen LogP contribution in [-0.4, -0.2) is 6.54 Å². The summed E-state index contributed by atoms with van der Waals surface area (Å²) in [4.78, 5) is 1.48. The second kappa shape index (κ2) is 4.67. The van der Waals surface area contributed by atoms with Crippen molar-refractivity contribution >= 4 is 27.3 Å². The maximum Gasteiger partial charge on any atom is 0.0704 e. The molecule has 17 heavy (non-hydrogen) atoms. The minimum Gasteiger partial charge on any atom is -0.310 e. The van der Waals surface area contributed by atoms with Crippen LogP contribution in [-0.2, 0) is 0 Å². The second-order valence-corrected chi connectivity index (χ2v) is 8.22. The number of hydrogen-bond acceptors (Lipinski definition) is 2. The van der Waals surface area contributed by atoms with Crippen molar-refractivity contribution in [1.82, 2.24) is 5.32 Å². The molecule has 0 radical (unpaired) electrons. The molecular weight excluding hydrogens is 294 g/mol. The first kappa shape index (κ1) is 12.2. The van der Waals surface area contributed by atoms with Crippen LogP contribution in [0.1, 0.15) is 42.7 Å². The zero-order valence-corrected chi connectivity index (χ0v) is 12.9. The van der Waals surface area contributed by atoms with E-state index >= 15 is 0 Å². The van der Waals surface area contributed by atoms with Crippen LogP contribution in [0, 0.1) is 24.7 Å². The molecule has 0 bridgehead atoms. The summed E-state index contributed by atoms with van der Waals surface area (Å²) in [5, 5.41) is 3.72. The summed E-state index contributed by atoms with van der Waals surface area (Å²) in [6.07, 6.45) is 4.42. The number of rotatable bonds is 4. The van der Waals surface area contributed by atoms with E-state index in [-0.39, 0.29) is 0 Å². The molecule has 1 N–H and O–H groups in total. The van der Waals surface area contributed by atoms with Crippen LogP contribution in [0.15, 0.2) is 9.85 Å². The summed E-state index contributed by atoms with van der Waals surface area (Å²) in [5.41, 5.74) is 1.54. The summed E-state index contributed by atoms with van der Waals surface area (Å²) in [5.74, 6) is 3.02. The minimum absolute atomic E-state index is 0.593. The second-order valence-electron chi connectivity index (χ2n) is 5.58. The van der Waals surface area contributed by atoms with E-state index in [0.717, 1.165) is 24.3 Å². The lowest BCUT2D eigenvalue weighted by atomic mass is 9.89. The highest BCUT2D eigenvalue weighted by Crippen LogP contribution is 2.57. The van der Waals surface area contributed by atoms with Crippen LogP contribution in [0.2, 0.25) is 0 Å². The highest BCUT2D eigenvalue weighted by atomic mass is 79.9. The van der Waals surface area contributed by atoms with Gasteiger partial charge in [-0.1, -0.05) is 6.92 Å². The van der Waals surface area contributed by atoms with E-state index in [1.807, 2.05) is 11.3 Å². The molecule has 3 rings (SSSR count). The van der Waals surface area contributed by atoms with Crippen molar-refractivity contribution in [1.29, 1.82) is 0 Å². The normalized spacial score (nSPS) is 32.5. The van der Waals surface area contributed by atoms with Gasteiger partial charge in [-0.3, -0.25) is 0 Å². The molecule has 3 atom stereocenters. The van der Waals surface area contributed by atoms with Crippen molar-refractivity contribution in [2.24, 2.45) is 17.8 Å². The average Bonchev–Trinajstić information content (AvgIpc) is 2.75. The molecule has 0 saturated heterocycles. The molecule has 1 nitrogen and oxygen atoms in total. The maximum absolute atomic E-state index is 3.72. The minimum atomic E-state index is 0.593. The van der Waals surface area contributed by atoms with Gasteiger partial charge in [0.05, 0.1) is 3.79 Å². The molecular formula is C14H20BrNS. The van der Waals surface area contributed by atoms with Crippen molar-refractivity contribution in [2.75, 3.05) is 6.54 Å². The molecule has 94 valence electrons.